The van der Waals surface area contributed by atoms with E-state index in [-0.39, 0.29) is 35.2 Å². The molecule has 2 aromatic rings. The quantitative estimate of drug-likeness (QED) is 0.615. The number of allylic oxidation sites excluding steroid dienone is 3. The highest BCUT2D eigenvalue weighted by atomic mass is 16.1. The summed E-state index contributed by atoms with van der Waals surface area (Å²) < 4.78 is 0. The molecule has 0 radical (unpaired) electrons. The van der Waals surface area contributed by atoms with E-state index in [1.54, 1.807) is 12.3 Å². The molecule has 1 saturated heterocycles. The molecule has 34 heavy (non-hydrogen) atoms. The summed E-state index contributed by atoms with van der Waals surface area (Å²) in [6, 6.07) is 25.1. The van der Waals surface area contributed by atoms with Gasteiger partial charge in [-0.1, -0.05) is 66.7 Å². The summed E-state index contributed by atoms with van der Waals surface area (Å²) in [7, 11) is 0. The van der Waals surface area contributed by atoms with Crippen molar-refractivity contribution in [2.24, 2.45) is 11.8 Å². The summed E-state index contributed by atoms with van der Waals surface area (Å²) in [5.41, 5.74) is 2.99. The molecule has 164 valence electrons. The van der Waals surface area contributed by atoms with E-state index in [0.29, 0.717) is 11.1 Å². The molecular weight excluding hydrogens is 420 g/mol. The van der Waals surface area contributed by atoms with Gasteiger partial charge in [-0.2, -0.15) is 15.8 Å². The van der Waals surface area contributed by atoms with Gasteiger partial charge in [0.1, 0.15) is 23.8 Å². The summed E-state index contributed by atoms with van der Waals surface area (Å²) in [4.78, 5) is 15.7. The molecule has 0 amide bonds. The van der Waals surface area contributed by atoms with Crippen molar-refractivity contribution in [2.45, 2.75) is 30.8 Å². The van der Waals surface area contributed by atoms with Gasteiger partial charge in [-0.05, 0) is 35.6 Å². The molecule has 0 aromatic heterocycles. The van der Waals surface area contributed by atoms with Crippen molar-refractivity contribution in [3.63, 3.8) is 0 Å². The SMILES string of the molecule is N#CC1=CN2C(C=C1)C(C(=C(C#N)C#N)c1ccccc1)C(c1ccccc1)C2C(=O)C1CC1. The predicted octanol–water partition coefficient (Wildman–Crippen LogP) is 4.90. The van der Waals surface area contributed by atoms with Crippen molar-refractivity contribution in [1.29, 1.82) is 15.8 Å². The first-order valence-corrected chi connectivity index (χ1v) is 11.4. The molecule has 0 bridgehead atoms. The fraction of sp³-hybridized carbons (Fsp3) is 0.241. The van der Waals surface area contributed by atoms with Crippen molar-refractivity contribution in [2.75, 3.05) is 0 Å². The molecule has 4 atom stereocenters. The number of hydrogen-bond donors (Lipinski definition) is 0. The maximum atomic E-state index is 13.7. The van der Waals surface area contributed by atoms with Crippen molar-refractivity contribution < 1.29 is 4.79 Å². The Hall–Kier alpha value is -4.40. The third kappa shape index (κ3) is 3.61. The number of Topliss-reactive ketones (excluding diaryl/α,β-unsaturated/α-hetero) is 1. The van der Waals surface area contributed by atoms with Gasteiger partial charge in [-0.15, -0.1) is 0 Å². The van der Waals surface area contributed by atoms with E-state index in [1.165, 1.54) is 0 Å². The molecule has 2 heterocycles. The predicted molar refractivity (Wildman–Crippen MR) is 127 cm³/mol. The zero-order valence-corrected chi connectivity index (χ0v) is 18.5. The van der Waals surface area contributed by atoms with Gasteiger partial charge < -0.3 is 4.90 Å². The Morgan fingerprint density at radius 1 is 0.912 bits per heavy atom. The number of nitrogens with zero attached hydrogens (tertiary/aromatic N) is 4. The summed E-state index contributed by atoms with van der Waals surface area (Å²) in [5.74, 6) is -0.395. The standard InChI is InChI=1S/C29H22N4O/c30-15-19-11-14-24-27(25(23(16-31)17-32)20-7-3-1-4-8-20)26(21-9-5-2-6-10-21)28(33(24)18-19)29(34)22-12-13-22/h1-11,14,18,22,24,26-28H,12-13H2. The Morgan fingerprint density at radius 3 is 2.15 bits per heavy atom. The lowest BCUT2D eigenvalue weighted by Crippen LogP contribution is -2.40. The van der Waals surface area contributed by atoms with Gasteiger partial charge in [0, 0.05) is 24.0 Å². The van der Waals surface area contributed by atoms with Crippen LogP contribution in [0.1, 0.15) is 29.9 Å². The zero-order valence-electron chi connectivity index (χ0n) is 18.5. The number of carbonyl (C=O) groups excluding carboxylic acids is 1. The average Bonchev–Trinajstić information content (AvgIpc) is 3.69. The molecule has 0 N–H and O–H groups in total. The zero-order chi connectivity index (χ0) is 23.7. The highest BCUT2D eigenvalue weighted by molar-refractivity contribution is 5.91. The summed E-state index contributed by atoms with van der Waals surface area (Å²) >= 11 is 0. The highest BCUT2D eigenvalue weighted by Gasteiger charge is 2.55. The third-order valence-corrected chi connectivity index (χ3v) is 7.02. The fourth-order valence-corrected chi connectivity index (χ4v) is 5.44. The maximum absolute atomic E-state index is 13.7. The smallest absolute Gasteiger partial charge is 0.158 e. The number of hydrogen-bond acceptors (Lipinski definition) is 5. The largest absolute Gasteiger partial charge is 0.359 e. The number of carbonyl (C=O) groups is 1. The van der Waals surface area contributed by atoms with Crippen LogP contribution in [0.4, 0.5) is 0 Å². The lowest BCUT2D eigenvalue weighted by Gasteiger charge is -2.31. The summed E-state index contributed by atoms with van der Waals surface area (Å²) in [6.45, 7) is 0. The van der Waals surface area contributed by atoms with E-state index in [0.717, 1.165) is 24.0 Å². The van der Waals surface area contributed by atoms with E-state index in [4.69, 9.17) is 0 Å². The fourth-order valence-electron chi connectivity index (χ4n) is 5.44. The minimum atomic E-state index is -0.476. The van der Waals surface area contributed by atoms with E-state index in [2.05, 4.69) is 18.2 Å². The number of nitriles is 3. The van der Waals surface area contributed by atoms with Crippen LogP contribution in [0.15, 0.2) is 90.2 Å². The van der Waals surface area contributed by atoms with E-state index in [1.807, 2.05) is 71.6 Å². The highest BCUT2D eigenvalue weighted by Crippen LogP contribution is 2.53. The van der Waals surface area contributed by atoms with Crippen LogP contribution in [-0.2, 0) is 4.79 Å². The normalized spacial score (nSPS) is 24.7. The molecule has 5 rings (SSSR count). The Labute approximate surface area is 199 Å². The van der Waals surface area contributed by atoms with Gasteiger partial charge in [0.2, 0.25) is 0 Å². The van der Waals surface area contributed by atoms with Gasteiger partial charge in [0.25, 0.3) is 0 Å². The second-order valence-corrected chi connectivity index (χ2v) is 8.96. The molecule has 4 unspecified atom stereocenters. The third-order valence-electron chi connectivity index (χ3n) is 7.02. The molecule has 1 saturated carbocycles. The Morgan fingerprint density at radius 2 is 1.56 bits per heavy atom. The maximum Gasteiger partial charge on any atom is 0.158 e. The molecule has 5 nitrogen and oxygen atoms in total. The molecule has 0 spiro atoms. The van der Waals surface area contributed by atoms with Crippen molar-refractivity contribution in [1.82, 2.24) is 4.90 Å². The van der Waals surface area contributed by atoms with E-state index in [9.17, 15) is 20.6 Å². The number of fused-ring (bicyclic) bond motifs is 1. The van der Waals surface area contributed by atoms with Crippen LogP contribution >= 0.6 is 0 Å². The first-order valence-electron chi connectivity index (χ1n) is 11.4. The lowest BCUT2D eigenvalue weighted by molar-refractivity contribution is -0.124. The minimum absolute atomic E-state index is 0.0241. The lowest BCUT2D eigenvalue weighted by atomic mass is 9.73. The van der Waals surface area contributed by atoms with Gasteiger partial charge in [-0.3, -0.25) is 4.79 Å². The van der Waals surface area contributed by atoms with Crippen molar-refractivity contribution in [3.05, 3.63) is 101 Å². The van der Waals surface area contributed by atoms with E-state index < -0.39 is 6.04 Å². The van der Waals surface area contributed by atoms with Crippen LogP contribution in [-0.4, -0.2) is 22.8 Å². The van der Waals surface area contributed by atoms with Crippen molar-refractivity contribution in [3.8, 4) is 18.2 Å². The molecule has 2 aromatic carbocycles. The second kappa shape index (κ2) is 8.86. The summed E-state index contributed by atoms with van der Waals surface area (Å²) in [5, 5.41) is 29.5. The van der Waals surface area contributed by atoms with Gasteiger partial charge >= 0.3 is 0 Å². The summed E-state index contributed by atoms with van der Waals surface area (Å²) in [6.07, 6.45) is 7.28. The van der Waals surface area contributed by atoms with Gasteiger partial charge in [0.15, 0.2) is 5.78 Å². The second-order valence-electron chi connectivity index (χ2n) is 8.96. The monoisotopic (exact) mass is 442 g/mol. The minimum Gasteiger partial charge on any atom is -0.359 e. The van der Waals surface area contributed by atoms with Crippen LogP contribution in [0.2, 0.25) is 0 Å². The number of rotatable bonds is 5. The van der Waals surface area contributed by atoms with Crippen LogP contribution in [0, 0.1) is 45.8 Å². The van der Waals surface area contributed by atoms with Crippen LogP contribution in [0.3, 0.4) is 0 Å². The van der Waals surface area contributed by atoms with Crippen LogP contribution in [0.5, 0.6) is 0 Å². The van der Waals surface area contributed by atoms with Gasteiger partial charge in [-0.25, -0.2) is 0 Å². The molecule has 3 aliphatic rings. The number of benzene rings is 2. The molecular formula is C29H22N4O. The Balaban J connectivity index is 1.78. The molecule has 1 aliphatic carbocycles. The van der Waals surface area contributed by atoms with Crippen LogP contribution in [0.25, 0.3) is 5.57 Å². The Bertz CT molecular complexity index is 1310. The van der Waals surface area contributed by atoms with E-state index >= 15 is 0 Å². The first kappa shape index (κ1) is 21.4. The number of ketones is 1. The topological polar surface area (TPSA) is 91.7 Å². The Kier molecular flexibility index (Phi) is 5.59. The molecule has 2 fully saturated rings. The van der Waals surface area contributed by atoms with Crippen molar-refractivity contribution >= 4 is 11.4 Å². The van der Waals surface area contributed by atoms with Gasteiger partial charge in [0.05, 0.1) is 17.7 Å². The van der Waals surface area contributed by atoms with Crippen LogP contribution < -0.4 is 0 Å². The average molecular weight is 443 g/mol. The molecule has 5 heteroatoms. The molecule has 2 aliphatic heterocycles. The first-order chi connectivity index (χ1) is 16.7.